The lowest BCUT2D eigenvalue weighted by atomic mass is 9.86. The summed E-state index contributed by atoms with van der Waals surface area (Å²) in [4.78, 5) is 24.0. The van der Waals surface area contributed by atoms with Crippen molar-refractivity contribution in [1.29, 1.82) is 0 Å². The predicted molar refractivity (Wildman–Crippen MR) is 83.0 cm³/mol. The first-order chi connectivity index (χ1) is 11.0. The molecule has 0 spiro atoms. The molecule has 1 unspecified atom stereocenters. The number of hydrogen-bond donors (Lipinski definition) is 2. The molecule has 1 aliphatic heterocycles. The van der Waals surface area contributed by atoms with Crippen molar-refractivity contribution >= 4 is 29.4 Å². The first-order valence-electron chi connectivity index (χ1n) is 6.66. The third-order valence-corrected chi connectivity index (χ3v) is 3.89. The lowest BCUT2D eigenvalue weighted by Gasteiger charge is -2.27. The van der Waals surface area contributed by atoms with Crippen LogP contribution in [0.1, 0.15) is 11.1 Å². The molecular weight excluding hydrogens is 322 g/mol. The molecule has 2 aromatic rings. The molecule has 1 heterocycles. The number of halogens is 1. The van der Waals surface area contributed by atoms with Gasteiger partial charge in [0, 0.05) is 16.3 Å². The Morgan fingerprint density at radius 1 is 1.22 bits per heavy atom. The maximum atomic E-state index is 12.7. The fraction of sp³-hybridized carbons (Fsp3) is 0.125. The summed E-state index contributed by atoms with van der Waals surface area (Å²) in [5, 5.41) is 12.2. The van der Waals surface area contributed by atoms with E-state index in [1.165, 1.54) is 13.2 Å². The zero-order valence-corrected chi connectivity index (χ0v) is 12.8. The highest BCUT2D eigenvalue weighted by Crippen LogP contribution is 2.47. The minimum Gasteiger partial charge on any atom is -0.496 e. The Balaban J connectivity index is 2.34. The van der Waals surface area contributed by atoms with Crippen molar-refractivity contribution in [3.05, 3.63) is 58.6 Å². The molecule has 6 nitrogen and oxygen atoms in total. The number of carboxylic acid groups (broad SMARTS) is 1. The molecule has 0 saturated carbocycles. The van der Waals surface area contributed by atoms with Gasteiger partial charge in [-0.2, -0.15) is 0 Å². The fourth-order valence-electron chi connectivity index (χ4n) is 2.74. The third kappa shape index (κ3) is 2.27. The second kappa shape index (κ2) is 5.48. The number of carbonyl (C=O) groups is 2. The highest BCUT2D eigenvalue weighted by molar-refractivity contribution is 6.31. The summed E-state index contributed by atoms with van der Waals surface area (Å²) in [6, 6.07) is 11.3. The van der Waals surface area contributed by atoms with Gasteiger partial charge in [0.25, 0.3) is 5.91 Å². The zero-order chi connectivity index (χ0) is 16.6. The van der Waals surface area contributed by atoms with Gasteiger partial charge in [0.15, 0.2) is 0 Å². The Morgan fingerprint density at radius 2 is 1.96 bits per heavy atom. The number of ether oxygens (including phenoxy) is 2. The predicted octanol–water partition coefficient (Wildman–Crippen LogP) is 3.24. The summed E-state index contributed by atoms with van der Waals surface area (Å²) in [5.41, 5.74) is -0.838. The van der Waals surface area contributed by atoms with E-state index < -0.39 is 17.7 Å². The Hall–Kier alpha value is -2.73. The van der Waals surface area contributed by atoms with E-state index in [2.05, 4.69) is 5.32 Å². The highest BCUT2D eigenvalue weighted by atomic mass is 35.5. The molecule has 0 fully saturated rings. The van der Waals surface area contributed by atoms with Crippen LogP contribution < -0.4 is 10.1 Å². The van der Waals surface area contributed by atoms with E-state index in [9.17, 15) is 14.7 Å². The van der Waals surface area contributed by atoms with Gasteiger partial charge in [-0.3, -0.25) is 4.79 Å². The molecule has 1 amide bonds. The first-order valence-corrected chi connectivity index (χ1v) is 7.03. The van der Waals surface area contributed by atoms with Crippen LogP contribution in [0.15, 0.2) is 42.5 Å². The number of rotatable bonds is 3. The summed E-state index contributed by atoms with van der Waals surface area (Å²) in [6.45, 7) is 0. The largest absolute Gasteiger partial charge is 0.507 e. The monoisotopic (exact) mass is 333 g/mol. The molecule has 0 radical (unpaired) electrons. The summed E-state index contributed by atoms with van der Waals surface area (Å²) in [5.74, 6) is -0.293. The number of nitrogens with one attached hydrogen (secondary N) is 1. The van der Waals surface area contributed by atoms with Gasteiger partial charge in [0.2, 0.25) is 5.60 Å². The number of methoxy groups -OCH3 is 1. The van der Waals surface area contributed by atoms with Crippen molar-refractivity contribution in [3.8, 4) is 5.75 Å². The number of anilines is 1. The zero-order valence-electron chi connectivity index (χ0n) is 12.0. The van der Waals surface area contributed by atoms with Crippen LogP contribution in [-0.2, 0) is 15.1 Å². The summed E-state index contributed by atoms with van der Waals surface area (Å²) in [6.07, 6.45) is -1.58. The topological polar surface area (TPSA) is 84.9 Å². The summed E-state index contributed by atoms with van der Waals surface area (Å²) < 4.78 is 10.4. The van der Waals surface area contributed by atoms with Gasteiger partial charge in [-0.05, 0) is 24.3 Å². The Kier molecular flexibility index (Phi) is 3.61. The maximum absolute atomic E-state index is 12.7. The van der Waals surface area contributed by atoms with E-state index in [0.29, 0.717) is 22.0 Å². The molecule has 0 bridgehead atoms. The first kappa shape index (κ1) is 15.2. The lowest BCUT2D eigenvalue weighted by Crippen LogP contribution is -2.40. The van der Waals surface area contributed by atoms with Gasteiger partial charge in [-0.15, -0.1) is 0 Å². The number of benzene rings is 2. The second-order valence-electron chi connectivity index (χ2n) is 4.89. The van der Waals surface area contributed by atoms with Gasteiger partial charge >= 0.3 is 6.16 Å². The van der Waals surface area contributed by atoms with Crippen molar-refractivity contribution in [1.82, 2.24) is 0 Å². The van der Waals surface area contributed by atoms with E-state index in [-0.39, 0.29) is 5.56 Å². The summed E-state index contributed by atoms with van der Waals surface area (Å²) in [7, 11) is 1.43. The van der Waals surface area contributed by atoms with E-state index in [1.807, 2.05) is 0 Å². The SMILES string of the molecule is COc1ccccc1C1(OC(=O)O)C(=O)Nc2ccc(Cl)cc21. The molecular formula is C16H12ClNO5. The van der Waals surface area contributed by atoms with Crippen LogP contribution in [0.25, 0.3) is 0 Å². The molecule has 118 valence electrons. The molecule has 2 N–H and O–H groups in total. The maximum Gasteiger partial charge on any atom is 0.507 e. The molecule has 7 heteroatoms. The molecule has 0 saturated heterocycles. The molecule has 23 heavy (non-hydrogen) atoms. The van der Waals surface area contributed by atoms with Crippen molar-refractivity contribution in [2.45, 2.75) is 5.60 Å². The van der Waals surface area contributed by atoms with Crippen LogP contribution in [0.3, 0.4) is 0 Å². The van der Waals surface area contributed by atoms with Crippen LogP contribution in [0.2, 0.25) is 5.02 Å². The number of amides is 1. The van der Waals surface area contributed by atoms with E-state index in [4.69, 9.17) is 21.1 Å². The minimum absolute atomic E-state index is 0.281. The number of carbonyl (C=O) groups excluding carboxylic acids is 1. The van der Waals surface area contributed by atoms with Crippen LogP contribution in [0.5, 0.6) is 5.75 Å². The van der Waals surface area contributed by atoms with Crippen molar-refractivity contribution in [3.63, 3.8) is 0 Å². The average molecular weight is 334 g/mol. The number of para-hydroxylation sites is 1. The van der Waals surface area contributed by atoms with Crippen molar-refractivity contribution in [2.75, 3.05) is 12.4 Å². The van der Waals surface area contributed by atoms with Gasteiger partial charge in [0.1, 0.15) is 5.75 Å². The molecule has 0 aromatic heterocycles. The standard InChI is InChI=1S/C16H12ClNO5/c1-22-13-5-3-2-4-10(13)16(23-15(20)21)11-8-9(17)6-7-12(11)18-14(16)19/h2-8H,1H3,(H,18,19)(H,20,21). The number of fused-ring (bicyclic) bond motifs is 1. The fourth-order valence-corrected chi connectivity index (χ4v) is 2.91. The lowest BCUT2D eigenvalue weighted by molar-refractivity contribution is -0.131. The van der Waals surface area contributed by atoms with E-state index >= 15 is 0 Å². The second-order valence-corrected chi connectivity index (χ2v) is 5.33. The van der Waals surface area contributed by atoms with Crippen LogP contribution >= 0.6 is 11.6 Å². The molecule has 0 aliphatic carbocycles. The normalized spacial score (nSPS) is 19.0. The molecule has 1 atom stereocenters. The van der Waals surface area contributed by atoms with Gasteiger partial charge in [-0.25, -0.2) is 4.79 Å². The molecule has 1 aliphatic rings. The van der Waals surface area contributed by atoms with Crippen LogP contribution in [0.4, 0.5) is 10.5 Å². The van der Waals surface area contributed by atoms with E-state index in [1.54, 1.807) is 36.4 Å². The quantitative estimate of drug-likeness (QED) is 0.842. The molecule has 2 aromatic carbocycles. The Morgan fingerprint density at radius 3 is 2.65 bits per heavy atom. The third-order valence-electron chi connectivity index (χ3n) is 3.66. The van der Waals surface area contributed by atoms with Gasteiger partial charge in [-0.1, -0.05) is 29.8 Å². The average Bonchev–Trinajstić information content (AvgIpc) is 2.79. The highest BCUT2D eigenvalue weighted by Gasteiger charge is 2.54. The number of hydrogen-bond acceptors (Lipinski definition) is 4. The Labute approximate surface area is 136 Å². The Bertz CT molecular complexity index is 807. The van der Waals surface area contributed by atoms with Gasteiger partial charge in [0.05, 0.1) is 12.7 Å². The molecule has 3 rings (SSSR count). The smallest absolute Gasteiger partial charge is 0.496 e. The summed E-state index contributed by atoms with van der Waals surface area (Å²) >= 11 is 6.02. The van der Waals surface area contributed by atoms with Gasteiger partial charge < -0.3 is 19.9 Å². The van der Waals surface area contributed by atoms with Crippen molar-refractivity contribution < 1.29 is 24.2 Å². The van der Waals surface area contributed by atoms with Crippen LogP contribution in [0, 0.1) is 0 Å². The minimum atomic E-state index is -1.88. The van der Waals surface area contributed by atoms with E-state index in [0.717, 1.165) is 0 Å². The van der Waals surface area contributed by atoms with Crippen LogP contribution in [-0.4, -0.2) is 24.3 Å². The van der Waals surface area contributed by atoms with Crippen molar-refractivity contribution in [2.24, 2.45) is 0 Å².